The maximum Gasteiger partial charge on any atom is 0.122 e. The summed E-state index contributed by atoms with van der Waals surface area (Å²) in [6, 6.07) is 8.11. The lowest BCUT2D eigenvalue weighted by molar-refractivity contribution is 0.0426. The molecule has 5 nitrogen and oxygen atoms in total. The van der Waals surface area contributed by atoms with Crippen LogP contribution in [0.1, 0.15) is 31.7 Å². The summed E-state index contributed by atoms with van der Waals surface area (Å²) in [5.41, 5.74) is 1.21. The fourth-order valence-electron chi connectivity index (χ4n) is 3.11. The van der Waals surface area contributed by atoms with Gasteiger partial charge in [-0.15, -0.1) is 0 Å². The van der Waals surface area contributed by atoms with Gasteiger partial charge in [0, 0.05) is 39.3 Å². The van der Waals surface area contributed by atoms with Crippen LogP contribution in [0.4, 0.5) is 0 Å². The minimum Gasteiger partial charge on any atom is -0.491 e. The van der Waals surface area contributed by atoms with E-state index < -0.39 is 6.10 Å². The summed E-state index contributed by atoms with van der Waals surface area (Å²) in [6.45, 7) is 10.1. The lowest BCUT2D eigenvalue weighted by atomic mass is 9.98. The number of ether oxygens (including phenoxy) is 1. The van der Waals surface area contributed by atoms with Gasteiger partial charge in [-0.05, 0) is 24.0 Å². The number of rotatable bonds is 9. The van der Waals surface area contributed by atoms with Gasteiger partial charge in [0.15, 0.2) is 0 Å². The molecule has 0 aliphatic carbocycles. The van der Waals surface area contributed by atoms with Gasteiger partial charge in [-0.3, -0.25) is 9.80 Å². The smallest absolute Gasteiger partial charge is 0.122 e. The second-order valence-electron chi connectivity index (χ2n) is 6.68. The third kappa shape index (κ3) is 5.74. The predicted octanol–water partition coefficient (Wildman–Crippen LogP) is 1.55. The molecule has 0 amide bonds. The minimum absolute atomic E-state index is 0.214. The Hall–Kier alpha value is -1.14. The van der Waals surface area contributed by atoms with E-state index in [4.69, 9.17) is 9.84 Å². The molecule has 1 aromatic rings. The van der Waals surface area contributed by atoms with Crippen molar-refractivity contribution in [1.29, 1.82) is 0 Å². The Morgan fingerprint density at radius 1 is 1.12 bits per heavy atom. The van der Waals surface area contributed by atoms with E-state index in [0.717, 1.165) is 44.9 Å². The second-order valence-corrected chi connectivity index (χ2v) is 6.68. The molecule has 0 saturated carbocycles. The van der Waals surface area contributed by atoms with Crippen LogP contribution in [0.5, 0.6) is 5.75 Å². The van der Waals surface area contributed by atoms with Gasteiger partial charge in [0.1, 0.15) is 18.5 Å². The number of hydrogen-bond donors (Lipinski definition) is 2. The van der Waals surface area contributed by atoms with Gasteiger partial charge in [-0.2, -0.15) is 0 Å². The maximum absolute atomic E-state index is 10.3. The van der Waals surface area contributed by atoms with Crippen LogP contribution in [0, 0.1) is 0 Å². The quantitative estimate of drug-likeness (QED) is 0.717. The van der Waals surface area contributed by atoms with Crippen molar-refractivity contribution in [2.45, 2.75) is 32.3 Å². The molecule has 5 heteroatoms. The molecule has 1 fully saturated rings. The minimum atomic E-state index is -0.487. The number of hydrogen-bond acceptors (Lipinski definition) is 5. The second kappa shape index (κ2) is 9.99. The van der Waals surface area contributed by atoms with Crippen molar-refractivity contribution in [3.63, 3.8) is 0 Å². The molecule has 24 heavy (non-hydrogen) atoms. The Morgan fingerprint density at radius 2 is 1.79 bits per heavy atom. The number of aliphatic hydroxyl groups is 2. The zero-order chi connectivity index (χ0) is 17.4. The molecule has 0 bridgehead atoms. The first kappa shape index (κ1) is 19.2. The number of piperazine rings is 1. The highest BCUT2D eigenvalue weighted by Gasteiger charge is 2.19. The Balaban J connectivity index is 1.77. The van der Waals surface area contributed by atoms with Gasteiger partial charge in [-0.1, -0.05) is 32.0 Å². The normalized spacial score (nSPS) is 19.2. The first-order valence-corrected chi connectivity index (χ1v) is 9.09. The molecule has 0 aromatic heterocycles. The van der Waals surface area contributed by atoms with Gasteiger partial charge in [0.25, 0.3) is 0 Å². The van der Waals surface area contributed by atoms with Crippen LogP contribution in [-0.4, -0.2) is 78.6 Å². The van der Waals surface area contributed by atoms with Crippen molar-refractivity contribution in [1.82, 2.24) is 9.80 Å². The largest absolute Gasteiger partial charge is 0.491 e. The van der Waals surface area contributed by atoms with E-state index in [-0.39, 0.29) is 6.61 Å². The highest BCUT2D eigenvalue weighted by molar-refractivity contribution is 5.35. The third-order valence-corrected chi connectivity index (χ3v) is 4.84. The molecule has 1 saturated heterocycles. The fourth-order valence-corrected chi connectivity index (χ4v) is 3.11. The molecule has 2 N–H and O–H groups in total. The average Bonchev–Trinajstić information content (AvgIpc) is 2.61. The van der Waals surface area contributed by atoms with Crippen molar-refractivity contribution >= 4 is 0 Å². The van der Waals surface area contributed by atoms with Gasteiger partial charge in [0.2, 0.25) is 0 Å². The van der Waals surface area contributed by atoms with Crippen LogP contribution in [-0.2, 0) is 0 Å². The van der Waals surface area contributed by atoms with Crippen molar-refractivity contribution < 1.29 is 14.9 Å². The summed E-state index contributed by atoms with van der Waals surface area (Å²) in [5.74, 6) is 1.34. The van der Waals surface area contributed by atoms with E-state index in [1.807, 2.05) is 18.2 Å². The highest BCUT2D eigenvalue weighted by Crippen LogP contribution is 2.28. The van der Waals surface area contributed by atoms with E-state index >= 15 is 0 Å². The van der Waals surface area contributed by atoms with E-state index in [9.17, 15) is 5.11 Å². The molecular formula is C19H32N2O3. The summed E-state index contributed by atoms with van der Waals surface area (Å²) in [6.07, 6.45) is 0.584. The molecule has 0 radical (unpaired) electrons. The van der Waals surface area contributed by atoms with Crippen LogP contribution in [0.3, 0.4) is 0 Å². The van der Waals surface area contributed by atoms with Crippen LogP contribution in [0.2, 0.25) is 0 Å². The molecule has 2 rings (SSSR count). The first-order chi connectivity index (χ1) is 11.6. The third-order valence-electron chi connectivity index (χ3n) is 4.84. The van der Waals surface area contributed by atoms with Crippen molar-refractivity contribution in [3.8, 4) is 5.75 Å². The lowest BCUT2D eigenvalue weighted by Gasteiger charge is -2.35. The summed E-state index contributed by atoms with van der Waals surface area (Å²) in [7, 11) is 0. The lowest BCUT2D eigenvalue weighted by Crippen LogP contribution is -2.49. The van der Waals surface area contributed by atoms with E-state index in [0.29, 0.717) is 19.1 Å². The van der Waals surface area contributed by atoms with E-state index in [1.54, 1.807) is 0 Å². The van der Waals surface area contributed by atoms with Gasteiger partial charge in [-0.25, -0.2) is 0 Å². The van der Waals surface area contributed by atoms with Crippen molar-refractivity contribution in [2.24, 2.45) is 0 Å². The van der Waals surface area contributed by atoms with Gasteiger partial charge < -0.3 is 14.9 Å². The molecular weight excluding hydrogens is 304 g/mol. The molecule has 136 valence electrons. The molecule has 1 heterocycles. The number of para-hydroxylation sites is 1. The Labute approximate surface area is 145 Å². The van der Waals surface area contributed by atoms with Crippen LogP contribution in [0.15, 0.2) is 24.3 Å². The number of benzene rings is 1. The predicted molar refractivity (Wildman–Crippen MR) is 96.6 cm³/mol. The summed E-state index contributed by atoms with van der Waals surface area (Å²) in [4.78, 5) is 4.52. The monoisotopic (exact) mass is 336 g/mol. The zero-order valence-electron chi connectivity index (χ0n) is 15.0. The maximum atomic E-state index is 10.3. The Morgan fingerprint density at radius 3 is 2.46 bits per heavy atom. The highest BCUT2D eigenvalue weighted by atomic mass is 16.5. The number of β-amino-alcohol motifs (C(OH)–C–C–N with tert-alkyl or cyclic N) is 2. The molecule has 1 aliphatic heterocycles. The van der Waals surface area contributed by atoms with E-state index in [1.165, 1.54) is 5.56 Å². The summed E-state index contributed by atoms with van der Waals surface area (Å²) in [5, 5.41) is 19.3. The molecule has 2 atom stereocenters. The fraction of sp³-hybridized carbons (Fsp3) is 0.684. The Kier molecular flexibility index (Phi) is 7.99. The molecule has 0 spiro atoms. The first-order valence-electron chi connectivity index (χ1n) is 9.09. The molecule has 1 aromatic carbocycles. The number of aliphatic hydroxyl groups excluding tert-OH is 2. The van der Waals surface area contributed by atoms with Crippen molar-refractivity contribution in [3.05, 3.63) is 29.8 Å². The topological polar surface area (TPSA) is 56.2 Å². The van der Waals surface area contributed by atoms with Crippen LogP contribution >= 0.6 is 0 Å². The summed E-state index contributed by atoms with van der Waals surface area (Å²) < 4.78 is 5.90. The Bertz CT molecular complexity index is 475. The van der Waals surface area contributed by atoms with Gasteiger partial charge >= 0.3 is 0 Å². The van der Waals surface area contributed by atoms with Crippen molar-refractivity contribution in [2.75, 3.05) is 52.5 Å². The van der Waals surface area contributed by atoms with Gasteiger partial charge in [0.05, 0.1) is 6.61 Å². The standard InChI is InChI=1S/C19H32N2O3/c1-3-16(2)18-6-4-5-7-19(18)24-15-17(23)14-21-10-8-20(9-11-21)12-13-22/h4-7,16-17,22-23H,3,8-15H2,1-2H3/t16-,17-/m0/s1. The summed E-state index contributed by atoms with van der Waals surface area (Å²) >= 11 is 0. The average molecular weight is 336 g/mol. The van der Waals surface area contributed by atoms with E-state index in [2.05, 4.69) is 29.7 Å². The van der Waals surface area contributed by atoms with Crippen LogP contribution < -0.4 is 4.74 Å². The SMILES string of the molecule is CC[C@H](C)c1ccccc1OC[C@@H](O)CN1CCN(CCO)CC1. The number of nitrogens with zero attached hydrogens (tertiary/aromatic N) is 2. The molecule has 1 aliphatic rings. The zero-order valence-corrected chi connectivity index (χ0v) is 15.0. The van der Waals surface area contributed by atoms with Crippen LogP contribution in [0.25, 0.3) is 0 Å². The molecule has 0 unspecified atom stereocenters.